The number of nitrogens with one attached hydrogen (secondary N) is 1. The van der Waals surface area contributed by atoms with Crippen LogP contribution >= 0.6 is 19.2 Å². The Balaban J connectivity index is 0.000000348. The summed E-state index contributed by atoms with van der Waals surface area (Å²) in [5.74, 6) is -5.98. The van der Waals surface area contributed by atoms with E-state index in [4.69, 9.17) is 100 Å². The second-order valence-electron chi connectivity index (χ2n) is 37.8. The number of thiazole rings is 1. The van der Waals surface area contributed by atoms with Gasteiger partial charge in [-0.15, -0.1) is 0 Å². The number of allylic oxidation sites excluding steroid dienone is 6. The van der Waals surface area contributed by atoms with Gasteiger partial charge in [-0.2, -0.15) is 10.3 Å². The van der Waals surface area contributed by atoms with E-state index in [-0.39, 0.29) is 138 Å². The van der Waals surface area contributed by atoms with E-state index in [1.807, 2.05) is 99.9 Å². The van der Waals surface area contributed by atoms with Gasteiger partial charge in [0.1, 0.15) is 53.7 Å². The normalized spacial score (nSPS) is 28.4. The minimum Gasteiger partial charge on any atom is -1.00 e. The summed E-state index contributed by atoms with van der Waals surface area (Å²) in [7, 11) is -5.32. The molecule has 1 aromatic carbocycles. The molecule has 19 unspecified atom stereocenters. The number of aliphatic imine (C=N–C) groups is 3. The van der Waals surface area contributed by atoms with Crippen LogP contribution in [0.4, 0.5) is 11.6 Å². The van der Waals surface area contributed by atoms with Crippen molar-refractivity contribution in [2.24, 2.45) is 94.7 Å². The molecule has 6 aromatic heterocycles. The molecule has 7 aliphatic rings. The predicted molar refractivity (Wildman–Crippen MR) is 505 cm³/mol. The van der Waals surface area contributed by atoms with Crippen molar-refractivity contribution in [3.8, 4) is 5.75 Å². The number of rotatable bonds is 33. The maximum Gasteiger partial charge on any atom is 3.00 e. The van der Waals surface area contributed by atoms with Gasteiger partial charge in [-0.3, -0.25) is 62.7 Å². The quantitative estimate of drug-likeness (QED) is 0.0145. The number of nitrogen functional groups attached to an aromatic ring is 2. The number of carbonyl (C=O) groups excluding carboxylic acids is 7. The SMILES string of the molecule is C/C1=C2N=C(/C=C3N=C(/C(C)=C4\[N-]C(C(CC(N)=O)C4(C)CCC(=O)NCC(C)OP(=O)([O-])OC4C(CO)OC(n5cnc6cc(C)c(C)cc65)C4O)C4(C)N=C1C(CCC(N)=O)C4(C)CC(N)=O)C(CCC(N)=O)C\3(C)C)C(CCC(N)=O)C/2(C)CC(N)=O.Cc1ncc(CO)c(CO)c1O.Cc1ncc(C[n+]2csc(CCO)c2C)c(N)n1.[CH2-]C1OC(n2cnc3c(N)ncnc32)C(O)C1O.[Cl-].[Co+3]. The van der Waals surface area contributed by atoms with Crippen molar-refractivity contribution in [2.75, 3.05) is 31.2 Å². The molecule has 0 spiro atoms. The monoisotopic (exact) mass is 2050 g/mol. The second-order valence-corrected chi connectivity index (χ2v) is 40.0. The number of primary amides is 6. The van der Waals surface area contributed by atoms with E-state index in [0.717, 1.165) is 22.4 Å². The first kappa shape index (κ1) is 113. The molecule has 44 nitrogen and oxygen atoms in total. The second kappa shape index (κ2) is 45.7. The van der Waals surface area contributed by atoms with Crippen LogP contribution < -0.4 is 73.1 Å². The molecule has 764 valence electrons. The van der Waals surface area contributed by atoms with Crippen molar-refractivity contribution in [3.05, 3.63) is 145 Å². The molecule has 7 amide bonds. The van der Waals surface area contributed by atoms with Crippen molar-refractivity contribution in [1.29, 1.82) is 0 Å². The predicted octanol–water partition coefficient (Wildman–Crippen LogP) is -0.133. The van der Waals surface area contributed by atoms with Gasteiger partial charge in [0, 0.05) is 152 Å². The molecule has 25 N–H and O–H groups in total. The topological polar surface area (TPSA) is 734 Å². The van der Waals surface area contributed by atoms with Crippen LogP contribution in [0.15, 0.2) is 98.3 Å². The number of pyridine rings is 1. The Morgan fingerprint density at radius 1 is 0.714 bits per heavy atom. The van der Waals surface area contributed by atoms with Crippen molar-refractivity contribution < 1.29 is 136 Å². The van der Waals surface area contributed by atoms with E-state index in [0.29, 0.717) is 109 Å². The fourth-order valence-corrected chi connectivity index (χ4v) is 22.2. The number of aryl methyl sites for hydroxylation is 4. The summed E-state index contributed by atoms with van der Waals surface area (Å²) in [4.78, 5) is 153. The number of aliphatic hydroxyl groups excluding tert-OH is 7. The molecule has 0 radical (unpaired) electrons. The molecular weight excluding hydrogens is 1920 g/mol. The van der Waals surface area contributed by atoms with Gasteiger partial charge in [0.2, 0.25) is 46.9 Å². The number of anilines is 2. The summed E-state index contributed by atoms with van der Waals surface area (Å²) in [6.07, 6.45) is -1.78. The zero-order valence-electron chi connectivity index (χ0n) is 80.5. The smallest absolute Gasteiger partial charge is 1.00 e. The Hall–Kier alpha value is -10.6. The number of nitrogens with two attached hydrogens (primary N) is 8. The van der Waals surface area contributed by atoms with Crippen molar-refractivity contribution in [1.82, 2.24) is 49.3 Å². The number of nitrogens with zero attached hydrogens (tertiary/aromatic N) is 14. The zero-order valence-corrected chi connectivity index (χ0v) is 84.1. The van der Waals surface area contributed by atoms with Crippen molar-refractivity contribution >= 4 is 111 Å². The van der Waals surface area contributed by atoms with Crippen LogP contribution in [-0.4, -0.2) is 217 Å². The molecule has 3 saturated heterocycles. The third kappa shape index (κ3) is 23.6. The molecule has 0 aliphatic carbocycles. The van der Waals surface area contributed by atoms with Gasteiger partial charge >= 0.3 is 16.8 Å². The van der Waals surface area contributed by atoms with Gasteiger partial charge in [0.25, 0.3) is 7.82 Å². The number of aromatic nitrogens is 10. The molecule has 140 heavy (non-hydrogen) atoms. The molecule has 7 aromatic rings. The molecular formula is C92H128ClCoN23O21PS. The van der Waals surface area contributed by atoms with Crippen LogP contribution in [0.25, 0.3) is 27.5 Å². The van der Waals surface area contributed by atoms with Gasteiger partial charge in [-0.25, -0.2) is 29.9 Å². The van der Waals surface area contributed by atoms with Crippen LogP contribution in [0.3, 0.4) is 0 Å². The number of benzene rings is 1. The first-order valence-corrected chi connectivity index (χ1v) is 47.6. The summed E-state index contributed by atoms with van der Waals surface area (Å²) < 4.78 is 40.9. The van der Waals surface area contributed by atoms with E-state index in [1.54, 1.807) is 31.4 Å². The number of aliphatic hydroxyl groups is 7. The molecule has 19 atom stereocenters. The Labute approximate surface area is 829 Å². The van der Waals surface area contributed by atoms with Gasteiger partial charge in [-0.05, 0) is 139 Å². The first-order chi connectivity index (χ1) is 64.7. The maximum absolute atomic E-state index is 14.4. The summed E-state index contributed by atoms with van der Waals surface area (Å²) >= 11 is 1.65. The van der Waals surface area contributed by atoms with Crippen LogP contribution in [0, 0.1) is 86.9 Å². The minimum absolute atomic E-state index is 0. The Bertz CT molecular complexity index is 6070. The van der Waals surface area contributed by atoms with E-state index < -0.39 is 168 Å². The molecule has 48 heteroatoms. The number of hydrogen-bond acceptors (Lipinski definition) is 34. The minimum atomic E-state index is -5.32. The van der Waals surface area contributed by atoms with Crippen LogP contribution in [0.1, 0.15) is 195 Å². The fourth-order valence-electron chi connectivity index (χ4n) is 20.1. The molecule has 8 bridgehead atoms. The number of hydrogen-bond donors (Lipinski definition) is 17. The summed E-state index contributed by atoms with van der Waals surface area (Å²) in [6, 6.07) is 2.65. The largest absolute Gasteiger partial charge is 3.00 e. The molecule has 3 fully saturated rings. The van der Waals surface area contributed by atoms with Crippen molar-refractivity contribution in [3.63, 3.8) is 0 Å². The summed E-state index contributed by atoms with van der Waals surface area (Å²) in [5, 5.41) is 85.7. The number of aromatic hydroxyl groups is 1. The maximum atomic E-state index is 14.4. The zero-order chi connectivity index (χ0) is 102. The third-order valence-corrected chi connectivity index (χ3v) is 30.4. The molecule has 7 aliphatic heterocycles. The van der Waals surface area contributed by atoms with Gasteiger partial charge in [0.05, 0.1) is 83.1 Å². The summed E-state index contributed by atoms with van der Waals surface area (Å²) in [5.41, 5.74) is 54.5. The average Bonchev–Trinajstić information content (AvgIpc) is 1.52. The number of phosphoric ester groups is 1. The van der Waals surface area contributed by atoms with Crippen molar-refractivity contribution in [2.45, 2.75) is 261 Å². The number of imidazole rings is 2. The Kier molecular flexibility index (Phi) is 36.9. The van der Waals surface area contributed by atoms with Crippen LogP contribution in [0.2, 0.25) is 0 Å². The van der Waals surface area contributed by atoms with E-state index in [9.17, 15) is 68.6 Å². The van der Waals surface area contributed by atoms with E-state index in [1.165, 1.54) is 46.1 Å². The first-order valence-electron chi connectivity index (χ1n) is 45.2. The number of carbonyl (C=O) groups is 7. The standard InChI is InChI=1S/C62H90N13O14P.C12H17N4OS.C10H12N5O3.C8H11NO3.ClH.Co/c1-29-20-39-40(21-30(29)2)75(28-70-39)57-52(84)53(41(27-76)87-57)89-90(85,86)88-31(3)26-69-49(83)18-19-59(8)37(22-46(66)80)56-62(11)61(10,25-48(68)82)36(14-17-45(65)79)51(74-62)33(5)55-60(9,24-47(67)81)34(12-15-43(63)77)38(71-55)23-42-58(6,7)35(13-16-44(64)78)50(72-42)32(4)54(59)73-56;1-8-11(3-4-17)18-7-16(8)6-10-5-14-9(2)15-12(10)13;1-4-6(16)7(17)10(18-4)15-3-14-5-8(11)12-2-13-9(5)15;1-5-8(12)7(4-11)6(3-10)2-9-5;;/h20-21,23,28,31,34-37,41,52-53,56-57,76,84H,12-19,22,24-27H2,1-11H3,(H15,63,64,65,66,67,68,69,71,72,73,74,77,78,79,80,81,82,83,85,86);5,7,17H,3-4,6H2,1-2H3,(H2,13,14,15);2-4,6-7,10,16-17H,1H2,(H2,11,12,13);2,10-12H,3-4H2,1H3;1H;/q;+1;-1;;;+3/p-3. The van der Waals surface area contributed by atoms with Crippen LogP contribution in [0.5, 0.6) is 5.75 Å². The third-order valence-electron chi connectivity index (χ3n) is 28.1. The number of halogens is 1. The van der Waals surface area contributed by atoms with Gasteiger partial charge < -0.3 is 145 Å². The number of ether oxygens (including phenoxy) is 2. The van der Waals surface area contributed by atoms with Crippen LogP contribution in [-0.2, 0) is 99.6 Å². The average molecular weight is 2050 g/mol. The Morgan fingerprint density at radius 3 is 1.93 bits per heavy atom. The number of amides is 7. The molecule has 14 rings (SSSR count). The Morgan fingerprint density at radius 2 is 1.34 bits per heavy atom. The molecule has 0 saturated carbocycles. The number of fused-ring (bicyclic) bond motifs is 8. The van der Waals surface area contributed by atoms with Gasteiger partial charge in [0.15, 0.2) is 36.2 Å². The van der Waals surface area contributed by atoms with E-state index >= 15 is 0 Å². The number of phosphoric acid groups is 1. The van der Waals surface area contributed by atoms with Gasteiger partial charge in [-0.1, -0.05) is 52.0 Å². The van der Waals surface area contributed by atoms with E-state index in [2.05, 4.69) is 51.7 Å². The fraction of sp³-hybridized carbons (Fsp3) is 0.554. The summed E-state index contributed by atoms with van der Waals surface area (Å²) in [6.45, 7) is 28.4. The molecule has 13 heterocycles.